The maximum atomic E-state index is 14.5. The van der Waals surface area contributed by atoms with E-state index in [4.69, 9.17) is 5.73 Å². The van der Waals surface area contributed by atoms with Crippen molar-refractivity contribution in [2.24, 2.45) is 5.73 Å². The molecule has 0 radical (unpaired) electrons. The fourth-order valence-electron chi connectivity index (χ4n) is 4.91. The Morgan fingerprint density at radius 3 is 2.51 bits per heavy atom. The van der Waals surface area contributed by atoms with Crippen molar-refractivity contribution in [2.45, 2.75) is 45.6 Å². The van der Waals surface area contributed by atoms with Crippen LogP contribution in [-0.2, 0) is 16.6 Å². The number of H-pyrrole nitrogens is 1. The molecular weight excluding hydrogens is 467 g/mol. The normalized spacial score (nSPS) is 15.6. The van der Waals surface area contributed by atoms with Crippen LogP contribution in [0.4, 0.5) is 4.39 Å². The van der Waals surface area contributed by atoms with Gasteiger partial charge in [-0.2, -0.15) is 0 Å². The molecule has 1 fully saturated rings. The lowest BCUT2D eigenvalue weighted by Crippen LogP contribution is -2.38. The summed E-state index contributed by atoms with van der Waals surface area (Å²) < 4.78 is 40.5. The summed E-state index contributed by atoms with van der Waals surface area (Å²) in [5, 5.41) is 4.15. The van der Waals surface area contributed by atoms with E-state index in [1.807, 2.05) is 18.3 Å². The number of aromatic amines is 1. The van der Waals surface area contributed by atoms with Crippen LogP contribution in [0.3, 0.4) is 0 Å². The zero-order valence-electron chi connectivity index (χ0n) is 20.2. The second kappa shape index (κ2) is 10.5. The molecule has 7 nitrogen and oxygen atoms in total. The first-order valence-corrected chi connectivity index (χ1v) is 13.8. The number of aromatic nitrogens is 1. The minimum absolute atomic E-state index is 0.0969. The predicted molar refractivity (Wildman–Crippen MR) is 137 cm³/mol. The van der Waals surface area contributed by atoms with Crippen molar-refractivity contribution < 1.29 is 17.6 Å². The van der Waals surface area contributed by atoms with Gasteiger partial charge >= 0.3 is 0 Å². The van der Waals surface area contributed by atoms with Gasteiger partial charge in [-0.3, -0.25) is 4.79 Å². The molecule has 4 rings (SSSR count). The van der Waals surface area contributed by atoms with Crippen LogP contribution in [0.15, 0.2) is 36.5 Å². The summed E-state index contributed by atoms with van der Waals surface area (Å²) >= 11 is 0. The number of piperidine rings is 1. The molecule has 1 aromatic heterocycles. The first-order chi connectivity index (χ1) is 16.7. The second-order valence-corrected chi connectivity index (χ2v) is 11.4. The van der Waals surface area contributed by atoms with E-state index in [-0.39, 0.29) is 17.5 Å². The van der Waals surface area contributed by atoms with E-state index < -0.39 is 15.9 Å². The fourth-order valence-corrected chi connectivity index (χ4v) is 6.04. The number of halogens is 1. The van der Waals surface area contributed by atoms with E-state index in [1.54, 1.807) is 17.3 Å². The average molecular weight is 501 g/mol. The third-order valence-electron chi connectivity index (χ3n) is 6.79. The van der Waals surface area contributed by atoms with Gasteiger partial charge in [-0.25, -0.2) is 17.1 Å². The van der Waals surface area contributed by atoms with E-state index in [0.717, 1.165) is 35.0 Å². The van der Waals surface area contributed by atoms with Crippen LogP contribution in [0.5, 0.6) is 0 Å². The third kappa shape index (κ3) is 5.42. The highest BCUT2D eigenvalue weighted by Gasteiger charge is 2.29. The van der Waals surface area contributed by atoms with Crippen LogP contribution >= 0.6 is 0 Å². The molecular formula is C26H33FN4O3S. The zero-order chi connectivity index (χ0) is 25.2. The molecule has 1 saturated heterocycles. The van der Waals surface area contributed by atoms with E-state index in [2.05, 4.69) is 17.2 Å². The van der Waals surface area contributed by atoms with E-state index in [0.29, 0.717) is 49.1 Å². The van der Waals surface area contributed by atoms with E-state index in [1.165, 1.54) is 12.1 Å². The Morgan fingerprint density at radius 2 is 1.86 bits per heavy atom. The summed E-state index contributed by atoms with van der Waals surface area (Å²) in [6, 6.07) is 8.59. The van der Waals surface area contributed by atoms with Crippen molar-refractivity contribution in [3.63, 3.8) is 0 Å². The largest absolute Gasteiger partial charge is 0.366 e. The SMILES string of the molecule is CCCNCc1cc(F)cc(-c2cc(C(N)=O)c3[nH]cc(C4CCN(S(=O)(=O)CC)CC4)c3c2)c1. The number of hydrogen-bond donors (Lipinski definition) is 3. The standard InChI is InChI=1S/C26H33FN4O3S/c1-3-7-29-15-17-10-19(12-21(27)11-17)20-13-22-24(16-30-25(22)23(14-20)26(28)32)18-5-8-31(9-6-18)35(33,34)4-2/h10-14,16,18,29-30H,3-9,15H2,1-2H3,(H2,28,32). The Balaban J connectivity index is 1.71. The Bertz CT molecular complexity index is 1330. The molecule has 2 heterocycles. The van der Waals surface area contributed by atoms with Gasteiger partial charge in [-0.15, -0.1) is 0 Å². The molecule has 35 heavy (non-hydrogen) atoms. The van der Waals surface area contributed by atoms with Crippen molar-refractivity contribution in [1.82, 2.24) is 14.6 Å². The van der Waals surface area contributed by atoms with E-state index in [9.17, 15) is 17.6 Å². The topological polar surface area (TPSA) is 108 Å². The van der Waals surface area contributed by atoms with Crippen molar-refractivity contribution >= 4 is 26.8 Å². The molecule has 4 N–H and O–H groups in total. The summed E-state index contributed by atoms with van der Waals surface area (Å²) in [5.74, 6) is -0.658. The number of nitrogens with two attached hydrogens (primary N) is 1. The van der Waals surface area contributed by atoms with Gasteiger partial charge < -0.3 is 16.0 Å². The first kappa shape index (κ1) is 25.3. The number of rotatable bonds is 9. The minimum Gasteiger partial charge on any atom is -0.366 e. The van der Waals surface area contributed by atoms with Crippen molar-refractivity contribution in [3.05, 3.63) is 59.0 Å². The number of primary amides is 1. The Morgan fingerprint density at radius 1 is 1.14 bits per heavy atom. The summed E-state index contributed by atoms with van der Waals surface area (Å²) in [5.41, 5.74) is 9.98. The van der Waals surface area contributed by atoms with Gasteiger partial charge in [-0.1, -0.05) is 6.92 Å². The number of nitrogens with zero attached hydrogens (tertiary/aromatic N) is 1. The number of carbonyl (C=O) groups excluding carboxylic acids is 1. The molecule has 0 unspecified atom stereocenters. The highest BCUT2D eigenvalue weighted by molar-refractivity contribution is 7.89. The van der Waals surface area contributed by atoms with Crippen molar-refractivity contribution in [3.8, 4) is 11.1 Å². The maximum absolute atomic E-state index is 14.5. The average Bonchev–Trinajstić information content (AvgIpc) is 3.27. The predicted octanol–water partition coefficient (Wildman–Crippen LogP) is 4.10. The van der Waals surface area contributed by atoms with Gasteiger partial charge in [0.2, 0.25) is 10.0 Å². The van der Waals surface area contributed by atoms with Crippen molar-refractivity contribution in [1.29, 1.82) is 0 Å². The smallest absolute Gasteiger partial charge is 0.250 e. The van der Waals surface area contributed by atoms with Crippen LogP contribution < -0.4 is 11.1 Å². The molecule has 9 heteroatoms. The van der Waals surface area contributed by atoms with Gasteiger partial charge in [0.25, 0.3) is 5.91 Å². The number of carbonyl (C=O) groups is 1. The first-order valence-electron chi connectivity index (χ1n) is 12.2. The second-order valence-electron chi connectivity index (χ2n) is 9.15. The molecule has 188 valence electrons. The maximum Gasteiger partial charge on any atom is 0.250 e. The van der Waals surface area contributed by atoms with Gasteiger partial charge in [0.1, 0.15) is 5.82 Å². The zero-order valence-corrected chi connectivity index (χ0v) is 21.1. The monoisotopic (exact) mass is 500 g/mol. The lowest BCUT2D eigenvalue weighted by molar-refractivity contribution is 0.100. The molecule has 1 amide bonds. The highest BCUT2D eigenvalue weighted by atomic mass is 32.2. The van der Waals surface area contributed by atoms with E-state index >= 15 is 0 Å². The number of amides is 1. The fraction of sp³-hybridized carbons (Fsp3) is 0.423. The molecule has 2 aromatic carbocycles. The van der Waals surface area contributed by atoms with Gasteiger partial charge in [0, 0.05) is 31.2 Å². The third-order valence-corrected chi connectivity index (χ3v) is 8.67. The summed E-state index contributed by atoms with van der Waals surface area (Å²) in [6.45, 7) is 6.06. The van der Waals surface area contributed by atoms with Crippen molar-refractivity contribution in [2.75, 3.05) is 25.4 Å². The van der Waals surface area contributed by atoms with Gasteiger partial charge in [0.15, 0.2) is 0 Å². The molecule has 0 saturated carbocycles. The van der Waals surface area contributed by atoms with Crippen LogP contribution in [0.25, 0.3) is 22.0 Å². The minimum atomic E-state index is -3.21. The molecule has 0 spiro atoms. The van der Waals surface area contributed by atoms with Crippen LogP contribution in [0, 0.1) is 5.82 Å². The number of benzene rings is 2. The lowest BCUT2D eigenvalue weighted by atomic mass is 9.88. The molecule has 1 aliphatic heterocycles. The van der Waals surface area contributed by atoms with Crippen LogP contribution in [0.1, 0.15) is 60.5 Å². The van der Waals surface area contributed by atoms with Gasteiger partial charge in [-0.05, 0) is 91.2 Å². The molecule has 0 atom stereocenters. The highest BCUT2D eigenvalue weighted by Crippen LogP contribution is 2.37. The quantitative estimate of drug-likeness (QED) is 0.384. The van der Waals surface area contributed by atoms with Gasteiger partial charge in [0.05, 0.1) is 16.8 Å². The summed E-state index contributed by atoms with van der Waals surface area (Å²) in [4.78, 5) is 15.5. The number of nitrogens with one attached hydrogen (secondary N) is 2. The molecule has 1 aliphatic rings. The molecule has 0 aliphatic carbocycles. The Hall–Kier alpha value is -2.75. The Kier molecular flexibility index (Phi) is 7.59. The number of hydrogen-bond acceptors (Lipinski definition) is 4. The Labute approximate surface area is 205 Å². The number of fused-ring (bicyclic) bond motifs is 1. The molecule has 3 aromatic rings. The summed E-state index contributed by atoms with van der Waals surface area (Å²) in [7, 11) is -3.21. The summed E-state index contributed by atoms with van der Waals surface area (Å²) in [6.07, 6.45) is 4.26. The lowest BCUT2D eigenvalue weighted by Gasteiger charge is -2.31. The van der Waals surface area contributed by atoms with Crippen LogP contribution in [0.2, 0.25) is 0 Å². The molecule has 0 bridgehead atoms. The number of sulfonamides is 1. The van der Waals surface area contributed by atoms with Crippen LogP contribution in [-0.4, -0.2) is 49.0 Å².